The molecule has 1 fully saturated rings. The van der Waals surface area contributed by atoms with Gasteiger partial charge in [-0.3, -0.25) is 0 Å². The Morgan fingerprint density at radius 1 is 1.24 bits per heavy atom. The van der Waals surface area contributed by atoms with Gasteiger partial charge < -0.3 is 5.32 Å². The first-order valence-corrected chi connectivity index (χ1v) is 9.10. The zero-order valence-corrected chi connectivity index (χ0v) is 13.1. The molecular weight excluding hydrogens is 291 g/mol. The molecule has 0 heterocycles. The Labute approximate surface area is 126 Å². The first kappa shape index (κ1) is 16.4. The summed E-state index contributed by atoms with van der Waals surface area (Å²) in [6, 6.07) is 6.19. The molecule has 0 spiro atoms. The highest BCUT2D eigenvalue weighted by Crippen LogP contribution is 2.18. The molecular formula is C15H23FN2O2S. The zero-order chi connectivity index (χ0) is 15.3. The smallest absolute Gasteiger partial charge is 0.212 e. The second-order valence-corrected chi connectivity index (χ2v) is 7.52. The lowest BCUT2D eigenvalue weighted by Gasteiger charge is -2.14. The topological polar surface area (TPSA) is 58.2 Å². The maximum absolute atomic E-state index is 12.8. The molecule has 21 heavy (non-hydrogen) atoms. The van der Waals surface area contributed by atoms with Crippen LogP contribution >= 0.6 is 0 Å². The van der Waals surface area contributed by atoms with Crippen LogP contribution in [0, 0.1) is 5.82 Å². The van der Waals surface area contributed by atoms with E-state index in [1.807, 2.05) is 0 Å². The van der Waals surface area contributed by atoms with E-state index in [2.05, 4.69) is 10.0 Å². The van der Waals surface area contributed by atoms with E-state index in [0.717, 1.165) is 18.5 Å². The van der Waals surface area contributed by atoms with E-state index in [-0.39, 0.29) is 17.6 Å². The summed E-state index contributed by atoms with van der Waals surface area (Å²) in [6.07, 6.45) is 4.00. The largest absolute Gasteiger partial charge is 0.314 e. The van der Waals surface area contributed by atoms with Crippen LogP contribution in [0.3, 0.4) is 0 Å². The van der Waals surface area contributed by atoms with Crippen LogP contribution in [0.4, 0.5) is 4.39 Å². The third-order valence-corrected chi connectivity index (χ3v) is 5.12. The quantitative estimate of drug-likeness (QED) is 0.688. The molecule has 1 atom stereocenters. The first-order chi connectivity index (χ1) is 9.96. The van der Waals surface area contributed by atoms with Crippen molar-refractivity contribution in [1.82, 2.24) is 10.0 Å². The van der Waals surface area contributed by atoms with Crippen molar-refractivity contribution in [1.29, 1.82) is 0 Å². The van der Waals surface area contributed by atoms with E-state index in [0.29, 0.717) is 12.5 Å². The van der Waals surface area contributed by atoms with Gasteiger partial charge in [-0.2, -0.15) is 0 Å². The van der Waals surface area contributed by atoms with Crippen molar-refractivity contribution in [2.75, 3.05) is 12.3 Å². The highest BCUT2D eigenvalue weighted by atomic mass is 32.2. The van der Waals surface area contributed by atoms with Crippen LogP contribution in [0.5, 0.6) is 0 Å². The molecule has 0 saturated heterocycles. The fraction of sp³-hybridized carbons (Fsp3) is 0.600. The van der Waals surface area contributed by atoms with E-state index < -0.39 is 10.0 Å². The van der Waals surface area contributed by atoms with Crippen molar-refractivity contribution >= 4 is 10.0 Å². The van der Waals surface area contributed by atoms with E-state index in [4.69, 9.17) is 0 Å². The van der Waals surface area contributed by atoms with Gasteiger partial charge in [0.05, 0.1) is 5.75 Å². The Kier molecular flexibility index (Phi) is 5.72. The molecule has 4 nitrogen and oxygen atoms in total. The summed E-state index contributed by atoms with van der Waals surface area (Å²) in [7, 11) is -3.30. The minimum atomic E-state index is -3.30. The average molecular weight is 314 g/mol. The van der Waals surface area contributed by atoms with E-state index in [9.17, 15) is 12.8 Å². The fourth-order valence-corrected chi connectivity index (χ4v) is 3.54. The molecule has 0 amide bonds. The number of benzene rings is 1. The molecule has 1 aliphatic rings. The summed E-state index contributed by atoms with van der Waals surface area (Å²) in [5.41, 5.74) is 0.760. The third-order valence-electron chi connectivity index (χ3n) is 3.58. The molecule has 6 heteroatoms. The molecule has 0 aromatic heterocycles. The Balaban J connectivity index is 1.72. The average Bonchev–Trinajstić information content (AvgIpc) is 3.22. The summed E-state index contributed by atoms with van der Waals surface area (Å²) in [5.74, 6) is -0.192. The van der Waals surface area contributed by atoms with Gasteiger partial charge in [0.2, 0.25) is 10.0 Å². The normalized spacial score (nSPS) is 16.9. The SMILES string of the molecule is CC(NS(=O)(=O)CCCCNC1CC1)c1ccc(F)cc1. The van der Waals surface area contributed by atoms with Gasteiger partial charge in [-0.1, -0.05) is 12.1 Å². The van der Waals surface area contributed by atoms with Gasteiger partial charge in [0, 0.05) is 12.1 Å². The van der Waals surface area contributed by atoms with Gasteiger partial charge in [0.15, 0.2) is 0 Å². The molecule has 2 rings (SSSR count). The lowest BCUT2D eigenvalue weighted by Crippen LogP contribution is -2.29. The van der Waals surface area contributed by atoms with Crippen LogP contribution in [-0.2, 0) is 10.0 Å². The predicted octanol–water partition coefficient (Wildman–Crippen LogP) is 2.34. The molecule has 1 unspecified atom stereocenters. The summed E-state index contributed by atoms with van der Waals surface area (Å²) >= 11 is 0. The molecule has 1 aromatic carbocycles. The number of halogens is 1. The van der Waals surface area contributed by atoms with Gasteiger partial charge in [-0.05, 0) is 56.8 Å². The number of nitrogens with one attached hydrogen (secondary N) is 2. The zero-order valence-electron chi connectivity index (χ0n) is 12.3. The lowest BCUT2D eigenvalue weighted by atomic mass is 10.1. The first-order valence-electron chi connectivity index (χ1n) is 7.45. The molecule has 1 saturated carbocycles. The molecule has 1 aliphatic carbocycles. The lowest BCUT2D eigenvalue weighted by molar-refractivity contribution is 0.559. The Hall–Kier alpha value is -0.980. The summed E-state index contributed by atoms with van der Waals surface area (Å²) in [4.78, 5) is 0. The summed E-state index contributed by atoms with van der Waals surface area (Å²) in [6.45, 7) is 2.65. The minimum absolute atomic E-state index is 0.130. The Morgan fingerprint density at radius 2 is 1.90 bits per heavy atom. The highest BCUT2D eigenvalue weighted by Gasteiger charge is 2.20. The molecule has 118 valence electrons. The maximum Gasteiger partial charge on any atom is 0.212 e. The predicted molar refractivity (Wildman–Crippen MR) is 82.0 cm³/mol. The van der Waals surface area contributed by atoms with Crippen LogP contribution in [0.1, 0.15) is 44.2 Å². The molecule has 0 bridgehead atoms. The number of sulfonamides is 1. The van der Waals surface area contributed by atoms with Gasteiger partial charge in [-0.15, -0.1) is 0 Å². The summed E-state index contributed by atoms with van der Waals surface area (Å²) < 4.78 is 39.4. The van der Waals surface area contributed by atoms with Crippen LogP contribution in [-0.4, -0.2) is 26.8 Å². The van der Waals surface area contributed by atoms with Crippen LogP contribution in [0.2, 0.25) is 0 Å². The Bertz CT molecular complexity index is 541. The van der Waals surface area contributed by atoms with Gasteiger partial charge in [0.1, 0.15) is 5.82 Å². The van der Waals surface area contributed by atoms with Crippen molar-refractivity contribution < 1.29 is 12.8 Å². The third kappa shape index (κ3) is 6.11. The minimum Gasteiger partial charge on any atom is -0.314 e. The van der Waals surface area contributed by atoms with Crippen LogP contribution in [0.25, 0.3) is 0 Å². The monoisotopic (exact) mass is 314 g/mol. The van der Waals surface area contributed by atoms with Crippen molar-refractivity contribution in [2.45, 2.75) is 44.7 Å². The maximum atomic E-state index is 12.8. The number of unbranched alkanes of at least 4 members (excludes halogenated alkanes) is 1. The highest BCUT2D eigenvalue weighted by molar-refractivity contribution is 7.89. The second kappa shape index (κ2) is 7.33. The molecule has 0 radical (unpaired) electrons. The van der Waals surface area contributed by atoms with E-state index in [1.54, 1.807) is 19.1 Å². The van der Waals surface area contributed by atoms with E-state index >= 15 is 0 Å². The second-order valence-electron chi connectivity index (χ2n) is 5.65. The van der Waals surface area contributed by atoms with Gasteiger partial charge in [-0.25, -0.2) is 17.5 Å². The number of hydrogen-bond donors (Lipinski definition) is 2. The van der Waals surface area contributed by atoms with Crippen LogP contribution in [0.15, 0.2) is 24.3 Å². The van der Waals surface area contributed by atoms with Crippen molar-refractivity contribution in [3.63, 3.8) is 0 Å². The molecule has 2 N–H and O–H groups in total. The molecule has 0 aliphatic heterocycles. The number of hydrogen-bond acceptors (Lipinski definition) is 3. The van der Waals surface area contributed by atoms with Gasteiger partial charge in [0.25, 0.3) is 0 Å². The van der Waals surface area contributed by atoms with Crippen molar-refractivity contribution in [2.24, 2.45) is 0 Å². The van der Waals surface area contributed by atoms with Gasteiger partial charge >= 0.3 is 0 Å². The van der Waals surface area contributed by atoms with Crippen molar-refractivity contribution in [3.8, 4) is 0 Å². The fourth-order valence-electron chi connectivity index (χ4n) is 2.16. The van der Waals surface area contributed by atoms with Crippen LogP contribution < -0.4 is 10.0 Å². The number of rotatable bonds is 9. The van der Waals surface area contributed by atoms with E-state index in [1.165, 1.54) is 25.0 Å². The molecule has 1 aromatic rings. The Morgan fingerprint density at radius 3 is 2.52 bits per heavy atom. The summed E-state index contributed by atoms with van der Waals surface area (Å²) in [5, 5.41) is 3.36. The van der Waals surface area contributed by atoms with Crippen molar-refractivity contribution in [3.05, 3.63) is 35.6 Å². The standard InChI is InChI=1S/C15H23FN2O2S/c1-12(13-4-6-14(16)7-5-13)18-21(19,20)11-3-2-10-17-15-8-9-15/h4-7,12,15,17-18H,2-3,8-11H2,1H3.